The first-order valence-corrected chi connectivity index (χ1v) is 5.55. The van der Waals surface area contributed by atoms with Crippen molar-refractivity contribution in [2.75, 3.05) is 18.0 Å². The largest absolute Gasteiger partial charge is 0.481 e. The summed E-state index contributed by atoms with van der Waals surface area (Å²) in [5.41, 5.74) is 1.10. The van der Waals surface area contributed by atoms with Crippen molar-refractivity contribution < 1.29 is 9.90 Å². The third-order valence-electron chi connectivity index (χ3n) is 3.00. The Labute approximate surface area is 99.3 Å². The van der Waals surface area contributed by atoms with Gasteiger partial charge in [-0.3, -0.25) is 4.79 Å². The average Bonchev–Trinajstić information content (AvgIpc) is 2.39. The Balaban J connectivity index is 2.22. The highest BCUT2D eigenvalue weighted by molar-refractivity contribution is 5.71. The zero-order chi connectivity index (χ0) is 12.3. The number of rotatable bonds is 2. The van der Waals surface area contributed by atoms with Gasteiger partial charge >= 0.3 is 5.97 Å². The Morgan fingerprint density at radius 2 is 2.47 bits per heavy atom. The number of nitriles is 1. The zero-order valence-electron chi connectivity index (χ0n) is 9.33. The van der Waals surface area contributed by atoms with Crippen molar-refractivity contribution in [3.8, 4) is 6.07 Å². The predicted molar refractivity (Wildman–Crippen MR) is 61.5 cm³/mol. The maximum Gasteiger partial charge on any atom is 0.308 e. The van der Waals surface area contributed by atoms with Gasteiger partial charge in [0.15, 0.2) is 5.69 Å². The van der Waals surface area contributed by atoms with E-state index in [2.05, 4.69) is 4.98 Å². The maximum absolute atomic E-state index is 11.0. The quantitative estimate of drug-likeness (QED) is 0.829. The van der Waals surface area contributed by atoms with E-state index in [0.29, 0.717) is 18.7 Å². The van der Waals surface area contributed by atoms with Crippen LogP contribution in [0.15, 0.2) is 18.3 Å². The fraction of sp³-hybridized carbons (Fsp3) is 0.417. The Kier molecular flexibility index (Phi) is 3.24. The van der Waals surface area contributed by atoms with Crippen LogP contribution >= 0.6 is 0 Å². The molecule has 0 radical (unpaired) electrons. The summed E-state index contributed by atoms with van der Waals surface area (Å²) in [4.78, 5) is 16.9. The average molecular weight is 231 g/mol. The van der Waals surface area contributed by atoms with E-state index >= 15 is 0 Å². The predicted octanol–water partition coefficient (Wildman–Crippen LogP) is 1.25. The second-order valence-electron chi connectivity index (χ2n) is 4.11. The van der Waals surface area contributed by atoms with E-state index in [4.69, 9.17) is 10.4 Å². The molecule has 1 unspecified atom stereocenters. The number of aliphatic carboxylic acids is 1. The van der Waals surface area contributed by atoms with Crippen LogP contribution < -0.4 is 4.90 Å². The van der Waals surface area contributed by atoms with Crippen LogP contribution in [-0.2, 0) is 4.79 Å². The van der Waals surface area contributed by atoms with Crippen molar-refractivity contribution in [3.63, 3.8) is 0 Å². The summed E-state index contributed by atoms with van der Waals surface area (Å²) in [7, 11) is 0. The van der Waals surface area contributed by atoms with Crippen LogP contribution in [-0.4, -0.2) is 29.1 Å². The molecule has 0 saturated carbocycles. The molecular weight excluding hydrogens is 218 g/mol. The molecule has 1 atom stereocenters. The highest BCUT2D eigenvalue weighted by atomic mass is 16.4. The fourth-order valence-corrected chi connectivity index (χ4v) is 2.14. The number of carboxylic acids is 1. The summed E-state index contributed by atoms with van der Waals surface area (Å²) < 4.78 is 0. The van der Waals surface area contributed by atoms with Gasteiger partial charge in [0.05, 0.1) is 11.6 Å². The third-order valence-corrected chi connectivity index (χ3v) is 3.00. The van der Waals surface area contributed by atoms with Crippen LogP contribution in [0.2, 0.25) is 0 Å². The third kappa shape index (κ3) is 2.36. The zero-order valence-corrected chi connectivity index (χ0v) is 9.33. The first-order chi connectivity index (χ1) is 8.22. The van der Waals surface area contributed by atoms with Crippen molar-refractivity contribution in [3.05, 3.63) is 24.0 Å². The second kappa shape index (κ2) is 4.83. The van der Waals surface area contributed by atoms with E-state index in [9.17, 15) is 4.79 Å². The minimum Gasteiger partial charge on any atom is -0.481 e. The highest BCUT2D eigenvalue weighted by Crippen LogP contribution is 2.24. The van der Waals surface area contributed by atoms with Gasteiger partial charge in [-0.05, 0) is 25.0 Å². The van der Waals surface area contributed by atoms with Crippen molar-refractivity contribution in [2.24, 2.45) is 5.92 Å². The molecule has 0 aromatic carbocycles. The molecule has 1 aromatic rings. The molecule has 5 nitrogen and oxygen atoms in total. The molecule has 0 bridgehead atoms. The number of anilines is 1. The van der Waals surface area contributed by atoms with Gasteiger partial charge in [-0.15, -0.1) is 0 Å². The molecule has 17 heavy (non-hydrogen) atoms. The first kappa shape index (κ1) is 11.4. The number of hydrogen-bond acceptors (Lipinski definition) is 4. The lowest BCUT2D eigenvalue weighted by molar-refractivity contribution is -0.141. The molecule has 5 heteroatoms. The minimum atomic E-state index is -0.767. The number of pyridine rings is 1. The standard InChI is InChI=1S/C12H13N3O2/c13-7-10-11(4-1-5-14-10)15-6-2-3-9(8-15)12(16)17/h1,4-5,9H,2-3,6,8H2,(H,16,17). The molecule has 1 aliphatic heterocycles. The summed E-state index contributed by atoms with van der Waals surface area (Å²) >= 11 is 0. The first-order valence-electron chi connectivity index (χ1n) is 5.55. The molecule has 0 spiro atoms. The lowest BCUT2D eigenvalue weighted by Crippen LogP contribution is -2.39. The summed E-state index contributed by atoms with van der Waals surface area (Å²) in [5.74, 6) is -1.12. The minimum absolute atomic E-state index is 0.351. The smallest absolute Gasteiger partial charge is 0.308 e. The second-order valence-corrected chi connectivity index (χ2v) is 4.11. The van der Waals surface area contributed by atoms with Crippen LogP contribution in [0.5, 0.6) is 0 Å². The Hall–Kier alpha value is -2.09. The molecule has 2 heterocycles. The topological polar surface area (TPSA) is 77.2 Å². The van der Waals surface area contributed by atoms with Crippen LogP contribution in [0.25, 0.3) is 0 Å². The number of hydrogen-bond donors (Lipinski definition) is 1. The van der Waals surface area contributed by atoms with Gasteiger partial charge in [0.2, 0.25) is 0 Å². The van der Waals surface area contributed by atoms with E-state index in [1.165, 1.54) is 0 Å². The number of piperidine rings is 1. The number of aromatic nitrogens is 1. The number of nitrogens with zero attached hydrogens (tertiary/aromatic N) is 3. The molecule has 1 saturated heterocycles. The van der Waals surface area contributed by atoms with Crippen LogP contribution in [0.4, 0.5) is 5.69 Å². The molecule has 0 amide bonds. The SMILES string of the molecule is N#Cc1ncccc1N1CCCC(C(=O)O)C1. The highest BCUT2D eigenvalue weighted by Gasteiger charge is 2.26. The number of carboxylic acid groups (broad SMARTS) is 1. The lowest BCUT2D eigenvalue weighted by Gasteiger charge is -2.32. The molecule has 88 valence electrons. The molecular formula is C12H13N3O2. The Morgan fingerprint density at radius 1 is 1.65 bits per heavy atom. The van der Waals surface area contributed by atoms with Gasteiger partial charge in [0.25, 0.3) is 0 Å². The summed E-state index contributed by atoms with van der Waals surface area (Å²) in [6, 6.07) is 5.62. The Bertz CT molecular complexity index is 467. The Morgan fingerprint density at radius 3 is 3.18 bits per heavy atom. The van der Waals surface area contributed by atoms with E-state index in [0.717, 1.165) is 18.7 Å². The summed E-state index contributed by atoms with van der Waals surface area (Å²) in [5, 5.41) is 18.0. The normalized spacial score (nSPS) is 19.7. The van der Waals surface area contributed by atoms with E-state index in [1.807, 2.05) is 17.0 Å². The monoisotopic (exact) mass is 231 g/mol. The molecule has 1 fully saturated rings. The van der Waals surface area contributed by atoms with Crippen molar-refractivity contribution in [1.29, 1.82) is 5.26 Å². The lowest BCUT2D eigenvalue weighted by atomic mass is 9.97. The van der Waals surface area contributed by atoms with E-state index in [-0.39, 0.29) is 5.92 Å². The molecule has 0 aliphatic carbocycles. The van der Waals surface area contributed by atoms with E-state index < -0.39 is 5.97 Å². The maximum atomic E-state index is 11.0. The molecule has 1 N–H and O–H groups in total. The van der Waals surface area contributed by atoms with Gasteiger partial charge in [-0.25, -0.2) is 4.98 Å². The summed E-state index contributed by atoms with van der Waals surface area (Å²) in [6.45, 7) is 1.24. The van der Waals surface area contributed by atoms with Gasteiger partial charge in [-0.2, -0.15) is 5.26 Å². The van der Waals surface area contributed by atoms with Crippen molar-refractivity contribution in [2.45, 2.75) is 12.8 Å². The fourth-order valence-electron chi connectivity index (χ4n) is 2.14. The van der Waals surface area contributed by atoms with Gasteiger partial charge in [0.1, 0.15) is 6.07 Å². The van der Waals surface area contributed by atoms with E-state index in [1.54, 1.807) is 12.3 Å². The molecule has 1 aliphatic rings. The van der Waals surface area contributed by atoms with Gasteiger partial charge in [0, 0.05) is 19.3 Å². The van der Waals surface area contributed by atoms with Crippen molar-refractivity contribution >= 4 is 11.7 Å². The van der Waals surface area contributed by atoms with Gasteiger partial charge < -0.3 is 10.0 Å². The molecule has 1 aromatic heterocycles. The van der Waals surface area contributed by atoms with Crippen LogP contribution in [0.1, 0.15) is 18.5 Å². The van der Waals surface area contributed by atoms with Gasteiger partial charge in [-0.1, -0.05) is 0 Å². The van der Waals surface area contributed by atoms with Crippen LogP contribution in [0, 0.1) is 17.2 Å². The molecule has 2 rings (SSSR count). The van der Waals surface area contributed by atoms with Crippen LogP contribution in [0.3, 0.4) is 0 Å². The number of carbonyl (C=O) groups is 1. The summed E-state index contributed by atoms with van der Waals surface area (Å²) in [6.07, 6.45) is 3.10. The van der Waals surface area contributed by atoms with Crippen molar-refractivity contribution in [1.82, 2.24) is 4.98 Å².